The summed E-state index contributed by atoms with van der Waals surface area (Å²) in [5.74, 6) is -1.99. The zero-order valence-corrected chi connectivity index (χ0v) is 17.9. The van der Waals surface area contributed by atoms with Gasteiger partial charge in [0.2, 0.25) is 5.91 Å². The normalized spacial score (nSPS) is 13.0. The van der Waals surface area contributed by atoms with Crippen molar-refractivity contribution in [1.29, 1.82) is 0 Å². The van der Waals surface area contributed by atoms with Crippen molar-refractivity contribution in [3.8, 4) is 0 Å². The summed E-state index contributed by atoms with van der Waals surface area (Å²) in [6.45, 7) is 12.1. The minimum absolute atomic E-state index is 0.0201. The van der Waals surface area contributed by atoms with Crippen LogP contribution in [0.15, 0.2) is 24.3 Å². The van der Waals surface area contributed by atoms with Gasteiger partial charge < -0.3 is 20.2 Å². The van der Waals surface area contributed by atoms with E-state index < -0.39 is 26.2 Å². The maximum atomic E-state index is 12.5. The van der Waals surface area contributed by atoms with E-state index in [1.165, 1.54) is 13.0 Å². The van der Waals surface area contributed by atoms with Crippen molar-refractivity contribution in [1.82, 2.24) is 5.32 Å². The number of carboxylic acids is 1. The van der Waals surface area contributed by atoms with Crippen molar-refractivity contribution >= 4 is 31.8 Å². The molecule has 0 spiro atoms. The minimum Gasteiger partial charge on any atom is -0.480 e. The molecule has 1 aromatic rings. The van der Waals surface area contributed by atoms with Gasteiger partial charge in [-0.1, -0.05) is 32.9 Å². The highest BCUT2D eigenvalue weighted by Crippen LogP contribution is 2.36. The van der Waals surface area contributed by atoms with Crippen LogP contribution in [-0.4, -0.2) is 43.9 Å². The molecule has 0 radical (unpaired) electrons. The number of hydrogen-bond donors (Lipinski definition) is 3. The third-order valence-electron chi connectivity index (χ3n) is 4.76. The molecule has 1 aromatic carbocycles. The highest BCUT2D eigenvalue weighted by molar-refractivity contribution is 6.74. The third kappa shape index (κ3) is 6.80. The molecule has 1 rings (SSSR count). The van der Waals surface area contributed by atoms with Gasteiger partial charge in [0.05, 0.1) is 11.3 Å². The fourth-order valence-corrected chi connectivity index (χ4v) is 3.18. The molecule has 0 unspecified atom stereocenters. The SMILES string of the molecule is CC(=O)Nc1ccccc1C(=O)N[C@@H](CCO[Si](C)(C)C(C)(C)C)C(=O)O. The Morgan fingerprint density at radius 2 is 1.78 bits per heavy atom. The average Bonchev–Trinajstić information content (AvgIpc) is 2.52. The van der Waals surface area contributed by atoms with E-state index >= 15 is 0 Å². The number of amides is 2. The number of rotatable bonds is 8. The molecule has 7 nitrogen and oxygen atoms in total. The summed E-state index contributed by atoms with van der Waals surface area (Å²) in [5, 5.41) is 14.6. The molecule has 8 heteroatoms. The molecule has 0 aliphatic rings. The maximum Gasteiger partial charge on any atom is 0.326 e. The van der Waals surface area contributed by atoms with Crippen LogP contribution in [0, 0.1) is 0 Å². The van der Waals surface area contributed by atoms with Crippen LogP contribution in [0.1, 0.15) is 44.5 Å². The van der Waals surface area contributed by atoms with Crippen molar-refractivity contribution in [3.63, 3.8) is 0 Å². The Kier molecular flexibility index (Phi) is 7.73. The Morgan fingerprint density at radius 1 is 1.19 bits per heavy atom. The molecule has 0 heterocycles. The lowest BCUT2D eigenvalue weighted by Gasteiger charge is -2.36. The van der Waals surface area contributed by atoms with Crippen LogP contribution in [-0.2, 0) is 14.0 Å². The number of anilines is 1. The standard InChI is InChI=1S/C19H30N2O5Si/c1-13(22)20-15-10-8-7-9-14(15)17(23)21-16(18(24)25)11-12-26-27(5,6)19(2,3)4/h7-10,16H,11-12H2,1-6H3,(H,20,22)(H,21,23)(H,24,25)/t16-/m0/s1. The van der Waals surface area contributed by atoms with E-state index in [0.29, 0.717) is 5.69 Å². The van der Waals surface area contributed by atoms with Crippen molar-refractivity contribution in [2.24, 2.45) is 0 Å². The van der Waals surface area contributed by atoms with Crippen LogP contribution in [0.25, 0.3) is 0 Å². The minimum atomic E-state index is -1.99. The van der Waals surface area contributed by atoms with Gasteiger partial charge >= 0.3 is 5.97 Å². The molecule has 27 heavy (non-hydrogen) atoms. The van der Waals surface area contributed by atoms with Gasteiger partial charge in [0, 0.05) is 20.0 Å². The van der Waals surface area contributed by atoms with Crippen molar-refractivity contribution in [2.45, 2.75) is 58.3 Å². The van der Waals surface area contributed by atoms with Crippen molar-refractivity contribution in [3.05, 3.63) is 29.8 Å². The molecular weight excluding hydrogens is 364 g/mol. The van der Waals surface area contributed by atoms with Gasteiger partial charge in [0.25, 0.3) is 5.91 Å². The molecule has 0 saturated carbocycles. The summed E-state index contributed by atoms with van der Waals surface area (Å²) in [4.78, 5) is 35.4. The maximum absolute atomic E-state index is 12.5. The number of carboxylic acid groups (broad SMARTS) is 1. The molecule has 1 atom stereocenters. The molecule has 2 amide bonds. The summed E-state index contributed by atoms with van der Waals surface area (Å²) >= 11 is 0. The second-order valence-electron chi connectivity index (χ2n) is 7.99. The smallest absolute Gasteiger partial charge is 0.326 e. The van der Waals surface area contributed by atoms with Gasteiger partial charge in [0.15, 0.2) is 8.32 Å². The Hall–Kier alpha value is -2.19. The van der Waals surface area contributed by atoms with Gasteiger partial charge in [0.1, 0.15) is 6.04 Å². The van der Waals surface area contributed by atoms with E-state index in [9.17, 15) is 19.5 Å². The Balaban J connectivity index is 2.80. The first-order valence-electron chi connectivity index (χ1n) is 8.89. The molecule has 0 aromatic heterocycles. The number of carbonyl (C=O) groups is 3. The summed E-state index contributed by atoms with van der Waals surface area (Å²) in [6.07, 6.45) is 0.163. The quantitative estimate of drug-likeness (QED) is 0.587. The van der Waals surface area contributed by atoms with Crippen LogP contribution < -0.4 is 10.6 Å². The van der Waals surface area contributed by atoms with E-state index in [4.69, 9.17) is 4.43 Å². The van der Waals surface area contributed by atoms with Crippen LogP contribution in [0.4, 0.5) is 5.69 Å². The van der Waals surface area contributed by atoms with Crippen molar-refractivity contribution in [2.75, 3.05) is 11.9 Å². The highest BCUT2D eigenvalue weighted by Gasteiger charge is 2.37. The summed E-state index contributed by atoms with van der Waals surface area (Å²) in [5.41, 5.74) is 0.549. The number of aliphatic carboxylic acids is 1. The molecule has 0 fully saturated rings. The number of nitrogens with one attached hydrogen (secondary N) is 2. The van der Waals surface area contributed by atoms with E-state index in [0.717, 1.165) is 0 Å². The zero-order chi connectivity index (χ0) is 20.8. The fourth-order valence-electron chi connectivity index (χ4n) is 2.12. The highest BCUT2D eigenvalue weighted by atomic mass is 28.4. The molecule has 0 saturated heterocycles. The number of carbonyl (C=O) groups excluding carboxylic acids is 2. The van der Waals surface area contributed by atoms with Gasteiger partial charge in [-0.05, 0) is 30.3 Å². The second kappa shape index (κ2) is 9.14. The predicted octanol–water partition coefficient (Wildman–Crippen LogP) is 3.24. The van der Waals surface area contributed by atoms with Crippen molar-refractivity contribution < 1.29 is 23.9 Å². The molecule has 150 valence electrons. The van der Waals surface area contributed by atoms with Gasteiger partial charge in [-0.25, -0.2) is 4.79 Å². The van der Waals surface area contributed by atoms with E-state index in [1.807, 2.05) is 0 Å². The predicted molar refractivity (Wildman–Crippen MR) is 107 cm³/mol. The Morgan fingerprint density at radius 3 is 2.30 bits per heavy atom. The van der Waals surface area contributed by atoms with E-state index in [2.05, 4.69) is 44.5 Å². The van der Waals surface area contributed by atoms with Crippen LogP contribution in [0.5, 0.6) is 0 Å². The largest absolute Gasteiger partial charge is 0.480 e. The molecule has 0 aliphatic heterocycles. The first-order valence-corrected chi connectivity index (χ1v) is 11.8. The van der Waals surface area contributed by atoms with Gasteiger partial charge in [-0.2, -0.15) is 0 Å². The molecule has 0 bridgehead atoms. The topological polar surface area (TPSA) is 105 Å². The lowest BCUT2D eigenvalue weighted by molar-refractivity contribution is -0.139. The third-order valence-corrected chi connectivity index (χ3v) is 9.30. The lowest BCUT2D eigenvalue weighted by atomic mass is 10.1. The summed E-state index contributed by atoms with van der Waals surface area (Å²) in [7, 11) is -1.99. The molecular formula is C19H30N2O5Si. The Bertz CT molecular complexity index is 698. The summed E-state index contributed by atoms with van der Waals surface area (Å²) < 4.78 is 6.01. The van der Waals surface area contributed by atoms with Gasteiger partial charge in [-0.3, -0.25) is 9.59 Å². The number of benzene rings is 1. The van der Waals surface area contributed by atoms with E-state index in [1.54, 1.807) is 18.2 Å². The summed E-state index contributed by atoms with van der Waals surface area (Å²) in [6, 6.07) is 5.38. The molecule has 3 N–H and O–H groups in total. The average molecular weight is 395 g/mol. The monoisotopic (exact) mass is 394 g/mol. The lowest BCUT2D eigenvalue weighted by Crippen LogP contribution is -2.44. The van der Waals surface area contributed by atoms with Crippen LogP contribution in [0.2, 0.25) is 18.1 Å². The van der Waals surface area contributed by atoms with Crippen LogP contribution in [0.3, 0.4) is 0 Å². The van der Waals surface area contributed by atoms with Gasteiger partial charge in [-0.15, -0.1) is 0 Å². The first-order chi connectivity index (χ1) is 12.3. The zero-order valence-electron chi connectivity index (χ0n) is 16.9. The fraction of sp³-hybridized carbons (Fsp3) is 0.526. The Labute approximate surface area is 161 Å². The second-order valence-corrected chi connectivity index (χ2v) is 12.8. The number of hydrogen-bond acceptors (Lipinski definition) is 4. The van der Waals surface area contributed by atoms with E-state index in [-0.39, 0.29) is 29.5 Å². The van der Waals surface area contributed by atoms with Crippen LogP contribution >= 0.6 is 0 Å². The molecule has 0 aliphatic carbocycles. The first kappa shape index (κ1) is 22.8. The number of para-hydroxylation sites is 1.